The number of nitrogens with one attached hydrogen (secondary N) is 1. The number of rotatable bonds is 7. The molecule has 1 amide bonds. The van der Waals surface area contributed by atoms with Crippen molar-refractivity contribution in [3.8, 4) is 11.8 Å². The molecule has 30 heavy (non-hydrogen) atoms. The minimum atomic E-state index is -0.984. The van der Waals surface area contributed by atoms with Gasteiger partial charge in [0.15, 0.2) is 6.10 Å². The maximum absolute atomic E-state index is 12.3. The fourth-order valence-corrected chi connectivity index (χ4v) is 2.58. The van der Waals surface area contributed by atoms with Gasteiger partial charge in [-0.1, -0.05) is 30.3 Å². The van der Waals surface area contributed by atoms with Crippen LogP contribution < -0.4 is 10.1 Å². The topological polar surface area (TPSA) is 88.4 Å². The van der Waals surface area contributed by atoms with Crippen molar-refractivity contribution in [1.82, 2.24) is 0 Å². The van der Waals surface area contributed by atoms with Crippen LogP contribution in [0.2, 0.25) is 0 Å². The molecule has 0 aliphatic carbocycles. The van der Waals surface area contributed by atoms with E-state index in [1.807, 2.05) is 36.4 Å². The van der Waals surface area contributed by atoms with Gasteiger partial charge in [0.2, 0.25) is 0 Å². The van der Waals surface area contributed by atoms with E-state index >= 15 is 0 Å². The summed E-state index contributed by atoms with van der Waals surface area (Å²) in [7, 11) is 0. The van der Waals surface area contributed by atoms with Gasteiger partial charge in [0.25, 0.3) is 5.91 Å². The van der Waals surface area contributed by atoms with E-state index in [2.05, 4.69) is 5.32 Å². The lowest BCUT2D eigenvalue weighted by atomic mass is 10.1. The van der Waals surface area contributed by atoms with Crippen LogP contribution in [0.5, 0.6) is 5.75 Å². The number of nitriles is 1. The number of carbonyl (C=O) groups is 2. The first-order valence-electron chi connectivity index (χ1n) is 9.34. The minimum Gasteiger partial charge on any atom is -0.489 e. The van der Waals surface area contributed by atoms with E-state index in [0.717, 1.165) is 5.56 Å². The second kappa shape index (κ2) is 9.89. The molecule has 0 unspecified atom stereocenters. The SMILES string of the molecule is C[C@H](OC(=O)c1ccc(C#N)cc1)C(=O)Nc1ccc(OCc2ccccc2)cc1. The Morgan fingerprint density at radius 2 is 1.63 bits per heavy atom. The first-order valence-corrected chi connectivity index (χ1v) is 9.34. The molecular formula is C24H20N2O4. The van der Waals surface area contributed by atoms with Crippen molar-refractivity contribution in [1.29, 1.82) is 5.26 Å². The van der Waals surface area contributed by atoms with Crippen LogP contribution in [0, 0.1) is 11.3 Å². The number of hydrogen-bond donors (Lipinski definition) is 1. The van der Waals surface area contributed by atoms with Crippen LogP contribution in [0.15, 0.2) is 78.9 Å². The molecule has 6 nitrogen and oxygen atoms in total. The maximum atomic E-state index is 12.3. The number of nitrogens with zero attached hydrogens (tertiary/aromatic N) is 1. The highest BCUT2D eigenvalue weighted by Crippen LogP contribution is 2.18. The second-order valence-electron chi connectivity index (χ2n) is 6.52. The number of carbonyl (C=O) groups excluding carboxylic acids is 2. The zero-order chi connectivity index (χ0) is 21.3. The molecule has 1 atom stereocenters. The highest BCUT2D eigenvalue weighted by Gasteiger charge is 2.19. The zero-order valence-electron chi connectivity index (χ0n) is 16.4. The third kappa shape index (κ3) is 5.69. The van der Waals surface area contributed by atoms with Crippen LogP contribution in [0.25, 0.3) is 0 Å². The summed E-state index contributed by atoms with van der Waals surface area (Å²) in [4.78, 5) is 24.5. The van der Waals surface area contributed by atoms with Gasteiger partial charge in [0, 0.05) is 5.69 Å². The lowest BCUT2D eigenvalue weighted by molar-refractivity contribution is -0.123. The molecule has 0 radical (unpaired) electrons. The minimum absolute atomic E-state index is 0.272. The molecule has 0 bridgehead atoms. The van der Waals surface area contributed by atoms with E-state index in [1.54, 1.807) is 24.3 Å². The molecular weight excluding hydrogens is 380 g/mol. The zero-order valence-corrected chi connectivity index (χ0v) is 16.4. The highest BCUT2D eigenvalue weighted by atomic mass is 16.5. The Morgan fingerprint density at radius 1 is 0.967 bits per heavy atom. The van der Waals surface area contributed by atoms with Gasteiger partial charge in [0.1, 0.15) is 12.4 Å². The normalized spacial score (nSPS) is 11.1. The molecule has 150 valence electrons. The summed E-state index contributed by atoms with van der Waals surface area (Å²) in [6.45, 7) is 1.95. The van der Waals surface area contributed by atoms with Gasteiger partial charge >= 0.3 is 5.97 Å². The van der Waals surface area contributed by atoms with E-state index in [1.165, 1.54) is 31.2 Å². The number of anilines is 1. The van der Waals surface area contributed by atoms with E-state index in [-0.39, 0.29) is 5.56 Å². The third-order valence-electron chi connectivity index (χ3n) is 4.27. The monoisotopic (exact) mass is 400 g/mol. The first-order chi connectivity index (χ1) is 14.5. The molecule has 0 saturated carbocycles. The Hall–Kier alpha value is -4.11. The number of amides is 1. The van der Waals surface area contributed by atoms with Crippen LogP contribution in [-0.4, -0.2) is 18.0 Å². The molecule has 6 heteroatoms. The largest absolute Gasteiger partial charge is 0.489 e. The summed E-state index contributed by atoms with van der Waals surface area (Å²) in [6.07, 6.45) is -0.984. The summed E-state index contributed by atoms with van der Waals surface area (Å²) in [6, 6.07) is 24.7. The van der Waals surface area contributed by atoms with Crippen molar-refractivity contribution in [3.05, 3.63) is 95.6 Å². The van der Waals surface area contributed by atoms with Crippen molar-refractivity contribution >= 4 is 17.6 Å². The fourth-order valence-electron chi connectivity index (χ4n) is 2.58. The number of ether oxygens (including phenoxy) is 2. The van der Waals surface area contributed by atoms with Crippen molar-refractivity contribution in [2.45, 2.75) is 19.6 Å². The van der Waals surface area contributed by atoms with Crippen molar-refractivity contribution in [2.75, 3.05) is 5.32 Å². The molecule has 0 aliphatic heterocycles. The predicted molar refractivity (Wildman–Crippen MR) is 112 cm³/mol. The van der Waals surface area contributed by atoms with Crippen LogP contribution in [0.4, 0.5) is 5.69 Å². The fraction of sp³-hybridized carbons (Fsp3) is 0.125. The second-order valence-corrected chi connectivity index (χ2v) is 6.52. The Kier molecular flexibility index (Phi) is 6.80. The van der Waals surface area contributed by atoms with Gasteiger partial charge < -0.3 is 14.8 Å². The summed E-state index contributed by atoms with van der Waals surface area (Å²) in [5.41, 5.74) is 2.34. The lowest BCUT2D eigenvalue weighted by Crippen LogP contribution is -2.30. The van der Waals surface area contributed by atoms with Gasteiger partial charge in [-0.15, -0.1) is 0 Å². The van der Waals surface area contributed by atoms with Crippen LogP contribution >= 0.6 is 0 Å². The highest BCUT2D eigenvalue weighted by molar-refractivity contribution is 5.97. The molecule has 0 saturated heterocycles. The van der Waals surface area contributed by atoms with Crippen molar-refractivity contribution in [3.63, 3.8) is 0 Å². The Labute approximate surface area is 174 Å². The van der Waals surface area contributed by atoms with E-state index < -0.39 is 18.0 Å². The van der Waals surface area contributed by atoms with Gasteiger partial charge in [-0.3, -0.25) is 4.79 Å². The molecule has 3 aromatic rings. The predicted octanol–water partition coefficient (Wildman–Crippen LogP) is 4.32. The van der Waals surface area contributed by atoms with Gasteiger partial charge in [-0.2, -0.15) is 5.26 Å². The van der Waals surface area contributed by atoms with E-state index in [9.17, 15) is 9.59 Å². The Morgan fingerprint density at radius 3 is 2.27 bits per heavy atom. The standard InChI is InChI=1S/C24H20N2O4/c1-17(30-24(28)20-9-7-18(15-25)8-10-20)23(27)26-21-11-13-22(14-12-21)29-16-19-5-3-2-4-6-19/h2-14,17H,16H2,1H3,(H,26,27)/t17-/m0/s1. The van der Waals surface area contributed by atoms with Gasteiger partial charge in [-0.05, 0) is 61.0 Å². The summed E-state index contributed by atoms with van der Waals surface area (Å²) >= 11 is 0. The quantitative estimate of drug-likeness (QED) is 0.597. The smallest absolute Gasteiger partial charge is 0.338 e. The Bertz CT molecular complexity index is 1040. The summed E-state index contributed by atoms with van der Waals surface area (Å²) in [5, 5.41) is 11.5. The third-order valence-corrected chi connectivity index (χ3v) is 4.27. The van der Waals surface area contributed by atoms with Crippen molar-refractivity contribution in [2.24, 2.45) is 0 Å². The number of benzene rings is 3. The molecule has 0 aliphatic rings. The maximum Gasteiger partial charge on any atom is 0.338 e. The summed E-state index contributed by atoms with van der Waals surface area (Å²) < 4.78 is 10.9. The van der Waals surface area contributed by atoms with E-state index in [0.29, 0.717) is 23.6 Å². The molecule has 0 heterocycles. The number of hydrogen-bond acceptors (Lipinski definition) is 5. The molecule has 1 N–H and O–H groups in total. The molecule has 3 rings (SSSR count). The van der Waals surface area contributed by atoms with Gasteiger partial charge in [-0.25, -0.2) is 4.79 Å². The van der Waals surface area contributed by atoms with Crippen LogP contribution in [0.1, 0.15) is 28.4 Å². The molecule has 0 aromatic heterocycles. The Balaban J connectivity index is 1.50. The first kappa shape index (κ1) is 20.6. The molecule has 0 fully saturated rings. The van der Waals surface area contributed by atoms with Gasteiger partial charge in [0.05, 0.1) is 17.2 Å². The average Bonchev–Trinajstić information content (AvgIpc) is 2.79. The lowest BCUT2D eigenvalue weighted by Gasteiger charge is -2.14. The molecule has 0 spiro atoms. The van der Waals surface area contributed by atoms with Crippen molar-refractivity contribution < 1.29 is 19.1 Å². The molecule has 3 aromatic carbocycles. The number of esters is 1. The average molecular weight is 400 g/mol. The van der Waals surface area contributed by atoms with Crippen LogP contribution in [-0.2, 0) is 16.1 Å². The van der Waals surface area contributed by atoms with E-state index in [4.69, 9.17) is 14.7 Å². The summed E-state index contributed by atoms with van der Waals surface area (Å²) in [5.74, 6) is -0.404. The van der Waals surface area contributed by atoms with Crippen LogP contribution in [0.3, 0.4) is 0 Å².